The molecule has 4 nitrogen and oxygen atoms in total. The molecular formula is C15H22N2O2. The summed E-state index contributed by atoms with van der Waals surface area (Å²) >= 11 is 0. The molecule has 0 radical (unpaired) electrons. The number of hydrogen-bond donors (Lipinski definition) is 2. The second-order valence-electron chi connectivity index (χ2n) is 5.98. The summed E-state index contributed by atoms with van der Waals surface area (Å²) in [5, 5.41) is 12.6. The normalized spacial score (nSPS) is 22.7. The fraction of sp³-hybridized carbons (Fsp3) is 0.533. The highest BCUT2D eigenvalue weighted by molar-refractivity contribution is 5.99. The molecule has 1 aromatic carbocycles. The number of benzene rings is 1. The van der Waals surface area contributed by atoms with Crippen LogP contribution in [0, 0.1) is 13.8 Å². The maximum atomic E-state index is 12.4. The third-order valence-electron chi connectivity index (χ3n) is 3.52. The van der Waals surface area contributed by atoms with Gasteiger partial charge >= 0.3 is 0 Å². The second-order valence-corrected chi connectivity index (χ2v) is 5.98. The highest BCUT2D eigenvalue weighted by atomic mass is 16.3. The molecule has 1 fully saturated rings. The van der Waals surface area contributed by atoms with Gasteiger partial charge in [0.05, 0.1) is 6.61 Å². The number of hydrogen-bond acceptors (Lipinski definition) is 3. The summed E-state index contributed by atoms with van der Waals surface area (Å²) in [5.41, 5.74) is 2.94. The molecule has 0 aromatic heterocycles. The van der Waals surface area contributed by atoms with Crippen molar-refractivity contribution in [2.75, 3.05) is 18.1 Å². The predicted molar refractivity (Wildman–Crippen MR) is 76.4 cm³/mol. The lowest BCUT2D eigenvalue weighted by molar-refractivity contribution is -0.124. The molecule has 1 saturated heterocycles. The minimum Gasteiger partial charge on any atom is -0.394 e. The highest BCUT2D eigenvalue weighted by Crippen LogP contribution is 2.26. The van der Waals surface area contributed by atoms with Crippen LogP contribution < -0.4 is 10.2 Å². The van der Waals surface area contributed by atoms with Crippen molar-refractivity contribution in [3.8, 4) is 0 Å². The largest absolute Gasteiger partial charge is 0.394 e. The molecule has 1 aliphatic heterocycles. The number of anilines is 1. The molecule has 1 atom stereocenters. The number of aryl methyl sites for hydroxylation is 2. The lowest BCUT2D eigenvalue weighted by Gasteiger charge is -2.43. The van der Waals surface area contributed by atoms with E-state index in [4.69, 9.17) is 0 Å². The maximum absolute atomic E-state index is 12.4. The Labute approximate surface area is 114 Å². The molecule has 4 heteroatoms. The van der Waals surface area contributed by atoms with E-state index in [9.17, 15) is 9.90 Å². The molecular weight excluding hydrogens is 240 g/mol. The van der Waals surface area contributed by atoms with E-state index in [1.165, 1.54) is 0 Å². The molecule has 0 saturated carbocycles. The Kier molecular flexibility index (Phi) is 3.65. The molecule has 1 amide bonds. The smallest absolute Gasteiger partial charge is 0.246 e. The molecule has 1 aromatic rings. The van der Waals surface area contributed by atoms with Crippen LogP contribution >= 0.6 is 0 Å². The Balaban J connectivity index is 2.41. The van der Waals surface area contributed by atoms with Crippen molar-refractivity contribution >= 4 is 11.6 Å². The molecule has 0 aliphatic carbocycles. The summed E-state index contributed by atoms with van der Waals surface area (Å²) in [6.07, 6.45) is 0. The Bertz CT molecular complexity index is 497. The van der Waals surface area contributed by atoms with Gasteiger partial charge in [0.25, 0.3) is 0 Å². The van der Waals surface area contributed by atoms with E-state index in [2.05, 4.69) is 5.32 Å². The van der Waals surface area contributed by atoms with Gasteiger partial charge in [-0.25, -0.2) is 0 Å². The van der Waals surface area contributed by atoms with Gasteiger partial charge in [-0.2, -0.15) is 0 Å². The zero-order chi connectivity index (χ0) is 14.2. The first-order valence-corrected chi connectivity index (χ1v) is 6.61. The number of nitrogens with one attached hydrogen (secondary N) is 1. The molecule has 2 rings (SSSR count). The van der Waals surface area contributed by atoms with Crippen molar-refractivity contribution in [1.29, 1.82) is 0 Å². The van der Waals surface area contributed by atoms with Gasteiger partial charge in [-0.1, -0.05) is 12.1 Å². The minimum atomic E-state index is -0.524. The standard InChI is InChI=1S/C15H22N2O2/c1-10-5-6-11(2)13(7-10)17-9-15(3,4)16-12(8-18)14(17)19/h5-7,12,16,18H,8-9H2,1-4H3. The van der Waals surface area contributed by atoms with Crippen molar-refractivity contribution in [3.05, 3.63) is 29.3 Å². The number of rotatable bonds is 2. The SMILES string of the molecule is Cc1ccc(C)c(N2CC(C)(C)NC(CO)C2=O)c1. The molecule has 2 N–H and O–H groups in total. The Morgan fingerprint density at radius 3 is 2.74 bits per heavy atom. The van der Waals surface area contributed by atoms with E-state index in [0.29, 0.717) is 6.54 Å². The third kappa shape index (κ3) is 2.80. The van der Waals surface area contributed by atoms with Gasteiger partial charge in [0.1, 0.15) is 6.04 Å². The van der Waals surface area contributed by atoms with Gasteiger partial charge < -0.3 is 10.0 Å². The second kappa shape index (κ2) is 4.94. The fourth-order valence-corrected chi connectivity index (χ4v) is 2.58. The van der Waals surface area contributed by atoms with E-state index in [0.717, 1.165) is 16.8 Å². The third-order valence-corrected chi connectivity index (χ3v) is 3.52. The first-order chi connectivity index (χ1) is 8.84. The number of carbonyl (C=O) groups is 1. The van der Waals surface area contributed by atoms with Crippen LogP contribution in [0.2, 0.25) is 0 Å². The van der Waals surface area contributed by atoms with Crippen molar-refractivity contribution in [2.45, 2.75) is 39.3 Å². The van der Waals surface area contributed by atoms with E-state index in [1.54, 1.807) is 4.90 Å². The molecule has 1 unspecified atom stereocenters. The van der Waals surface area contributed by atoms with Crippen LogP contribution in [-0.4, -0.2) is 35.7 Å². The van der Waals surface area contributed by atoms with Crippen molar-refractivity contribution < 1.29 is 9.90 Å². The first-order valence-electron chi connectivity index (χ1n) is 6.61. The van der Waals surface area contributed by atoms with Crippen LogP contribution in [0.4, 0.5) is 5.69 Å². The van der Waals surface area contributed by atoms with Crippen molar-refractivity contribution in [1.82, 2.24) is 5.32 Å². The molecule has 19 heavy (non-hydrogen) atoms. The summed E-state index contributed by atoms with van der Waals surface area (Å²) in [6.45, 7) is 8.53. The maximum Gasteiger partial charge on any atom is 0.246 e. The summed E-state index contributed by atoms with van der Waals surface area (Å²) in [5.74, 6) is -0.0597. The van der Waals surface area contributed by atoms with Crippen molar-refractivity contribution in [3.63, 3.8) is 0 Å². The van der Waals surface area contributed by atoms with Crippen LogP contribution in [0.25, 0.3) is 0 Å². The molecule has 1 aliphatic rings. The average molecular weight is 262 g/mol. The Morgan fingerprint density at radius 2 is 2.11 bits per heavy atom. The lowest BCUT2D eigenvalue weighted by atomic mass is 9.96. The molecule has 0 spiro atoms. The predicted octanol–water partition coefficient (Wildman–Crippen LogP) is 1.38. The van der Waals surface area contributed by atoms with Gasteiger partial charge in [-0.3, -0.25) is 10.1 Å². The van der Waals surface area contributed by atoms with Crippen LogP contribution in [0.15, 0.2) is 18.2 Å². The lowest BCUT2D eigenvalue weighted by Crippen LogP contribution is -2.66. The Hall–Kier alpha value is -1.39. The van der Waals surface area contributed by atoms with Crippen molar-refractivity contribution in [2.24, 2.45) is 0 Å². The number of nitrogens with zero attached hydrogens (tertiary/aromatic N) is 1. The molecule has 0 bridgehead atoms. The van der Waals surface area contributed by atoms with E-state index in [-0.39, 0.29) is 18.1 Å². The van der Waals surface area contributed by atoms with Gasteiger partial charge in [-0.05, 0) is 44.9 Å². The Morgan fingerprint density at radius 1 is 1.42 bits per heavy atom. The molecule has 1 heterocycles. The van der Waals surface area contributed by atoms with E-state index >= 15 is 0 Å². The topological polar surface area (TPSA) is 52.6 Å². The van der Waals surface area contributed by atoms with Crippen LogP contribution in [0.5, 0.6) is 0 Å². The van der Waals surface area contributed by atoms with Crippen LogP contribution in [-0.2, 0) is 4.79 Å². The quantitative estimate of drug-likeness (QED) is 0.846. The van der Waals surface area contributed by atoms with Gasteiger partial charge in [0.15, 0.2) is 0 Å². The minimum absolute atomic E-state index is 0.0597. The van der Waals surface area contributed by atoms with Crippen LogP contribution in [0.3, 0.4) is 0 Å². The number of amides is 1. The zero-order valence-electron chi connectivity index (χ0n) is 12.0. The first kappa shape index (κ1) is 14.0. The monoisotopic (exact) mass is 262 g/mol. The highest BCUT2D eigenvalue weighted by Gasteiger charge is 2.38. The fourth-order valence-electron chi connectivity index (χ4n) is 2.58. The molecule has 104 valence electrons. The zero-order valence-corrected chi connectivity index (χ0v) is 12.0. The van der Waals surface area contributed by atoms with E-state index < -0.39 is 6.04 Å². The summed E-state index contributed by atoms with van der Waals surface area (Å²) in [7, 11) is 0. The summed E-state index contributed by atoms with van der Waals surface area (Å²) in [6, 6.07) is 5.58. The summed E-state index contributed by atoms with van der Waals surface area (Å²) < 4.78 is 0. The summed E-state index contributed by atoms with van der Waals surface area (Å²) in [4.78, 5) is 14.2. The van der Waals surface area contributed by atoms with Gasteiger partial charge in [-0.15, -0.1) is 0 Å². The number of piperazine rings is 1. The van der Waals surface area contributed by atoms with Crippen LogP contribution in [0.1, 0.15) is 25.0 Å². The number of aliphatic hydroxyl groups is 1. The van der Waals surface area contributed by atoms with Gasteiger partial charge in [0, 0.05) is 17.8 Å². The average Bonchev–Trinajstić information content (AvgIpc) is 2.35. The number of carbonyl (C=O) groups excluding carboxylic acids is 1. The number of aliphatic hydroxyl groups excluding tert-OH is 1. The van der Waals surface area contributed by atoms with Gasteiger partial charge in [0.2, 0.25) is 5.91 Å². The van der Waals surface area contributed by atoms with E-state index in [1.807, 2.05) is 45.9 Å².